The van der Waals surface area contributed by atoms with Gasteiger partial charge in [0.2, 0.25) is 0 Å². The van der Waals surface area contributed by atoms with Crippen LogP contribution in [0.2, 0.25) is 0 Å². The Morgan fingerprint density at radius 2 is 1.95 bits per heavy atom. The molecular formula is C28H34F4N6O2. The van der Waals surface area contributed by atoms with Gasteiger partial charge in [-0.1, -0.05) is 26.8 Å². The molecule has 0 aliphatic heterocycles. The van der Waals surface area contributed by atoms with Gasteiger partial charge in [-0.2, -0.15) is 13.2 Å². The maximum Gasteiger partial charge on any atom is 0.390 e. The molecule has 2 aromatic heterocycles. The van der Waals surface area contributed by atoms with Crippen LogP contribution in [-0.2, 0) is 25.6 Å². The molecule has 216 valence electrons. The number of pyridine rings is 1. The van der Waals surface area contributed by atoms with Crippen LogP contribution in [0, 0.1) is 17.7 Å². The number of hydrogen-bond acceptors (Lipinski definition) is 5. The Morgan fingerprint density at radius 3 is 2.55 bits per heavy atom. The van der Waals surface area contributed by atoms with E-state index in [0.29, 0.717) is 23.9 Å². The average molecular weight is 563 g/mol. The first-order valence-electron chi connectivity index (χ1n) is 13.3. The quantitative estimate of drug-likeness (QED) is 0.347. The van der Waals surface area contributed by atoms with Gasteiger partial charge in [-0.05, 0) is 60.5 Å². The van der Waals surface area contributed by atoms with Crippen molar-refractivity contribution < 1.29 is 22.4 Å². The molecule has 1 aromatic carbocycles. The van der Waals surface area contributed by atoms with Crippen molar-refractivity contribution in [2.24, 2.45) is 18.9 Å². The second-order valence-corrected chi connectivity index (χ2v) is 11.2. The van der Waals surface area contributed by atoms with Crippen molar-refractivity contribution >= 4 is 11.6 Å². The van der Waals surface area contributed by atoms with Gasteiger partial charge in [0.1, 0.15) is 23.5 Å². The lowest BCUT2D eigenvalue weighted by atomic mass is 9.58. The summed E-state index contributed by atoms with van der Waals surface area (Å²) in [6, 6.07) is 5.77. The number of aryl methyl sites for hydroxylation is 2. The molecule has 3 aromatic rings. The topological polar surface area (TPSA) is 93.8 Å². The molecule has 0 radical (unpaired) electrons. The summed E-state index contributed by atoms with van der Waals surface area (Å²) in [5.41, 5.74) is -0.679. The van der Waals surface area contributed by atoms with E-state index in [1.807, 2.05) is 25.5 Å². The minimum absolute atomic E-state index is 0.131. The van der Waals surface area contributed by atoms with Crippen LogP contribution in [0.3, 0.4) is 0 Å². The van der Waals surface area contributed by atoms with Crippen molar-refractivity contribution in [3.05, 3.63) is 75.5 Å². The van der Waals surface area contributed by atoms with Crippen LogP contribution >= 0.6 is 0 Å². The van der Waals surface area contributed by atoms with Gasteiger partial charge in [-0.3, -0.25) is 9.59 Å². The summed E-state index contributed by atoms with van der Waals surface area (Å²) < 4.78 is 56.4. The number of amides is 1. The number of carbonyl (C=O) groups excluding carboxylic acids is 1. The number of nitrogens with zero attached hydrogens (tertiary/aromatic N) is 4. The molecule has 40 heavy (non-hydrogen) atoms. The lowest BCUT2D eigenvalue weighted by molar-refractivity contribution is -0.136. The number of rotatable bonds is 10. The fourth-order valence-corrected chi connectivity index (χ4v) is 5.38. The molecule has 1 amide bonds. The number of aromatic nitrogens is 4. The Hall–Kier alpha value is -3.54. The Labute approximate surface area is 229 Å². The number of anilines is 1. The zero-order valence-corrected chi connectivity index (χ0v) is 23.0. The van der Waals surface area contributed by atoms with E-state index in [4.69, 9.17) is 0 Å². The molecule has 2 heterocycles. The van der Waals surface area contributed by atoms with E-state index in [0.717, 1.165) is 28.8 Å². The molecule has 8 nitrogen and oxygen atoms in total. The largest absolute Gasteiger partial charge is 0.390 e. The highest BCUT2D eigenvalue weighted by atomic mass is 19.4. The minimum atomic E-state index is -4.48. The number of halogens is 4. The van der Waals surface area contributed by atoms with Crippen molar-refractivity contribution in [3.8, 4) is 0 Å². The fourth-order valence-electron chi connectivity index (χ4n) is 5.38. The highest BCUT2D eigenvalue weighted by Gasteiger charge is 2.48. The Kier molecular flexibility index (Phi) is 8.48. The zero-order valence-electron chi connectivity index (χ0n) is 23.0. The van der Waals surface area contributed by atoms with Gasteiger partial charge in [0.15, 0.2) is 0 Å². The van der Waals surface area contributed by atoms with Crippen molar-refractivity contribution in [1.29, 1.82) is 0 Å². The number of carbonyl (C=O) groups is 1. The number of hydrogen-bond donors (Lipinski definition) is 2. The van der Waals surface area contributed by atoms with Gasteiger partial charge >= 0.3 is 6.18 Å². The third-order valence-corrected chi connectivity index (χ3v) is 7.21. The first-order valence-corrected chi connectivity index (χ1v) is 13.3. The highest BCUT2D eigenvalue weighted by Crippen LogP contribution is 2.51. The smallest absolute Gasteiger partial charge is 0.320 e. The van der Waals surface area contributed by atoms with E-state index in [2.05, 4.69) is 27.8 Å². The van der Waals surface area contributed by atoms with Crippen molar-refractivity contribution in [1.82, 2.24) is 24.6 Å². The Balaban J connectivity index is 1.66. The molecule has 0 unspecified atom stereocenters. The van der Waals surface area contributed by atoms with E-state index >= 15 is 0 Å². The van der Waals surface area contributed by atoms with E-state index in [1.54, 1.807) is 12.4 Å². The number of alkyl halides is 3. The summed E-state index contributed by atoms with van der Waals surface area (Å²) in [6.07, 6.45) is -1.27. The van der Waals surface area contributed by atoms with E-state index in [-0.39, 0.29) is 17.8 Å². The molecule has 0 spiro atoms. The molecule has 0 saturated heterocycles. The lowest BCUT2D eigenvalue weighted by Gasteiger charge is -2.46. The monoisotopic (exact) mass is 562 g/mol. The van der Waals surface area contributed by atoms with Crippen LogP contribution < -0.4 is 16.2 Å². The first kappa shape index (κ1) is 29.4. The maximum atomic E-state index is 14.9. The molecule has 2 N–H and O–H groups in total. The molecular weight excluding hydrogens is 528 g/mol. The van der Waals surface area contributed by atoms with Gasteiger partial charge in [0.05, 0.1) is 17.5 Å². The molecule has 12 heteroatoms. The zero-order chi connectivity index (χ0) is 29.2. The number of nitrogens with one attached hydrogen (secondary N) is 2. The molecule has 1 saturated carbocycles. The van der Waals surface area contributed by atoms with Crippen LogP contribution in [0.5, 0.6) is 0 Å². The summed E-state index contributed by atoms with van der Waals surface area (Å²) in [4.78, 5) is 26.3. The second kappa shape index (κ2) is 11.5. The third-order valence-electron chi connectivity index (χ3n) is 7.21. The summed E-state index contributed by atoms with van der Waals surface area (Å²) in [5, 5.41) is 13.9. The normalized spacial score (nSPS) is 19.1. The molecule has 0 atom stereocenters. The predicted octanol–water partition coefficient (Wildman–Crippen LogP) is 4.78. The van der Waals surface area contributed by atoms with Gasteiger partial charge in [0, 0.05) is 26.3 Å². The first-order chi connectivity index (χ1) is 18.8. The van der Waals surface area contributed by atoms with Gasteiger partial charge < -0.3 is 19.8 Å². The SMILES string of the molecule is CC(C)CNCc1cc(C(=O)Nc2cc(C3(c4nncn4C)CC(C)C3)ccc2F)c(=O)n(CCC(F)(F)F)c1. The predicted molar refractivity (Wildman–Crippen MR) is 142 cm³/mol. The van der Waals surface area contributed by atoms with Crippen LogP contribution in [0.4, 0.5) is 23.2 Å². The van der Waals surface area contributed by atoms with Crippen LogP contribution in [0.25, 0.3) is 0 Å². The van der Waals surface area contributed by atoms with Crippen molar-refractivity contribution in [3.63, 3.8) is 0 Å². The molecule has 1 aliphatic carbocycles. The summed E-state index contributed by atoms with van der Waals surface area (Å²) in [5.74, 6) is -0.157. The molecule has 1 aliphatic rings. The van der Waals surface area contributed by atoms with Gasteiger partial charge in [-0.15, -0.1) is 10.2 Å². The molecule has 0 bridgehead atoms. The van der Waals surface area contributed by atoms with E-state index < -0.39 is 41.8 Å². The van der Waals surface area contributed by atoms with E-state index in [9.17, 15) is 27.2 Å². The van der Waals surface area contributed by atoms with Gasteiger partial charge in [0.25, 0.3) is 11.5 Å². The van der Waals surface area contributed by atoms with Crippen LogP contribution in [0.15, 0.2) is 41.6 Å². The van der Waals surface area contributed by atoms with Crippen LogP contribution in [-0.4, -0.2) is 38.0 Å². The standard InChI is InChI=1S/C28H34F4N6O2/c1-17(2)13-33-14-19-9-21(25(40)38(15-19)8-7-28(30,31)32)24(39)35-23-10-20(5-6-22(23)29)27(11-18(3)12-27)26-36-34-16-37(26)4/h5-6,9-10,15-18,33H,7-8,11-14H2,1-4H3,(H,35,39). The van der Waals surface area contributed by atoms with E-state index in [1.165, 1.54) is 24.4 Å². The van der Waals surface area contributed by atoms with Crippen molar-refractivity contribution in [2.75, 3.05) is 11.9 Å². The van der Waals surface area contributed by atoms with Crippen LogP contribution in [0.1, 0.15) is 67.3 Å². The molecule has 1 fully saturated rings. The van der Waals surface area contributed by atoms with Gasteiger partial charge in [-0.25, -0.2) is 4.39 Å². The third kappa shape index (κ3) is 6.43. The summed E-state index contributed by atoms with van der Waals surface area (Å²) in [7, 11) is 1.83. The Bertz CT molecular complexity index is 1420. The highest BCUT2D eigenvalue weighted by molar-refractivity contribution is 6.04. The number of benzene rings is 1. The maximum absolute atomic E-state index is 14.9. The summed E-state index contributed by atoms with van der Waals surface area (Å²) >= 11 is 0. The lowest BCUT2D eigenvalue weighted by Crippen LogP contribution is -2.43. The molecule has 4 rings (SSSR count). The Morgan fingerprint density at radius 1 is 1.23 bits per heavy atom. The second-order valence-electron chi connectivity index (χ2n) is 11.2. The minimum Gasteiger partial charge on any atom is -0.320 e. The summed E-state index contributed by atoms with van der Waals surface area (Å²) in [6.45, 7) is 6.34. The fraction of sp³-hybridized carbons (Fsp3) is 0.500. The van der Waals surface area contributed by atoms with Crippen molar-refractivity contribution in [2.45, 2.75) is 64.7 Å². The average Bonchev–Trinajstić information content (AvgIpc) is 3.28.